The Morgan fingerprint density at radius 1 is 1.24 bits per heavy atom. The molecule has 1 unspecified atom stereocenters. The highest BCUT2D eigenvalue weighted by Crippen LogP contribution is 2.26. The van der Waals surface area contributed by atoms with Gasteiger partial charge in [-0.15, -0.1) is 0 Å². The fourth-order valence-corrected chi connectivity index (χ4v) is 3.41. The summed E-state index contributed by atoms with van der Waals surface area (Å²) >= 11 is 1.66. The molecule has 0 saturated heterocycles. The molecule has 0 spiro atoms. The number of aromatic nitrogens is 2. The van der Waals surface area contributed by atoms with Crippen molar-refractivity contribution < 1.29 is 4.79 Å². The maximum Gasteiger partial charge on any atom is 0.187 e. The summed E-state index contributed by atoms with van der Waals surface area (Å²) in [4.78, 5) is 20.7. The summed E-state index contributed by atoms with van der Waals surface area (Å²) < 4.78 is 0. The summed E-state index contributed by atoms with van der Waals surface area (Å²) in [6.45, 7) is 2.21. The second kappa shape index (κ2) is 6.39. The molecule has 0 fully saturated rings. The highest BCUT2D eigenvalue weighted by atomic mass is 32.2. The van der Waals surface area contributed by atoms with Crippen LogP contribution in [0.4, 0.5) is 0 Å². The van der Waals surface area contributed by atoms with Crippen LogP contribution in [0.1, 0.15) is 47.3 Å². The molecule has 0 bridgehead atoms. The summed E-state index contributed by atoms with van der Waals surface area (Å²) in [6.07, 6.45) is 4.14. The first kappa shape index (κ1) is 14.3. The number of rotatable bonds is 4. The Labute approximate surface area is 129 Å². The van der Waals surface area contributed by atoms with Gasteiger partial charge in [0.2, 0.25) is 0 Å². The number of carbonyl (C=O) groups is 1. The SMILES string of the molecule is CC(CSc1ncc2c(n1)CCCC2=O)c1ccccc1. The van der Waals surface area contributed by atoms with E-state index >= 15 is 0 Å². The smallest absolute Gasteiger partial charge is 0.187 e. The zero-order chi connectivity index (χ0) is 14.7. The first-order valence-corrected chi connectivity index (χ1v) is 8.29. The largest absolute Gasteiger partial charge is 0.294 e. The van der Waals surface area contributed by atoms with E-state index in [0.29, 0.717) is 12.3 Å². The number of fused-ring (bicyclic) bond motifs is 1. The van der Waals surface area contributed by atoms with Gasteiger partial charge in [-0.1, -0.05) is 49.0 Å². The van der Waals surface area contributed by atoms with Gasteiger partial charge >= 0.3 is 0 Å². The number of Topliss-reactive ketones (excluding diaryl/α,β-unsaturated/α-hetero) is 1. The van der Waals surface area contributed by atoms with Crippen LogP contribution in [-0.4, -0.2) is 21.5 Å². The highest BCUT2D eigenvalue weighted by molar-refractivity contribution is 7.99. The molecule has 1 heterocycles. The van der Waals surface area contributed by atoms with Gasteiger partial charge in [0.25, 0.3) is 0 Å². The molecule has 1 aliphatic rings. The van der Waals surface area contributed by atoms with Crippen molar-refractivity contribution in [2.45, 2.75) is 37.3 Å². The van der Waals surface area contributed by atoms with Gasteiger partial charge in [-0.3, -0.25) is 4.79 Å². The Kier molecular flexibility index (Phi) is 4.34. The van der Waals surface area contributed by atoms with Crippen LogP contribution in [0.25, 0.3) is 0 Å². The van der Waals surface area contributed by atoms with Crippen molar-refractivity contribution in [1.29, 1.82) is 0 Å². The standard InChI is InChI=1S/C17H18N2OS/c1-12(13-6-3-2-4-7-13)11-21-17-18-10-14-15(19-17)8-5-9-16(14)20/h2-4,6-7,10,12H,5,8-9,11H2,1H3. The Morgan fingerprint density at radius 2 is 2.05 bits per heavy atom. The van der Waals surface area contributed by atoms with E-state index in [-0.39, 0.29) is 5.78 Å². The second-order valence-electron chi connectivity index (χ2n) is 5.41. The number of hydrogen-bond donors (Lipinski definition) is 0. The molecule has 0 N–H and O–H groups in total. The van der Waals surface area contributed by atoms with Gasteiger partial charge in [0.1, 0.15) is 0 Å². The predicted octanol–water partition coefficient (Wildman–Crippen LogP) is 3.89. The average Bonchev–Trinajstić information content (AvgIpc) is 2.53. The number of hydrogen-bond acceptors (Lipinski definition) is 4. The molecule has 4 heteroatoms. The molecular weight excluding hydrogens is 280 g/mol. The van der Waals surface area contributed by atoms with E-state index < -0.39 is 0 Å². The topological polar surface area (TPSA) is 42.9 Å². The third-order valence-corrected chi connectivity index (χ3v) is 4.92. The maximum absolute atomic E-state index is 11.8. The zero-order valence-corrected chi connectivity index (χ0v) is 12.9. The zero-order valence-electron chi connectivity index (χ0n) is 12.1. The summed E-state index contributed by atoms with van der Waals surface area (Å²) in [6, 6.07) is 10.5. The summed E-state index contributed by atoms with van der Waals surface area (Å²) in [5.41, 5.74) is 2.98. The summed E-state index contributed by atoms with van der Waals surface area (Å²) in [5.74, 6) is 1.58. The molecule has 0 aliphatic heterocycles. The first-order valence-electron chi connectivity index (χ1n) is 7.31. The number of ketones is 1. The van der Waals surface area contributed by atoms with Crippen molar-refractivity contribution in [2.24, 2.45) is 0 Å². The van der Waals surface area contributed by atoms with E-state index in [9.17, 15) is 4.79 Å². The molecular formula is C17H18N2OS. The number of nitrogens with zero attached hydrogens (tertiary/aromatic N) is 2. The maximum atomic E-state index is 11.8. The van der Waals surface area contributed by atoms with Crippen molar-refractivity contribution in [1.82, 2.24) is 9.97 Å². The van der Waals surface area contributed by atoms with Gasteiger partial charge in [0.05, 0.1) is 11.3 Å². The van der Waals surface area contributed by atoms with Crippen LogP contribution in [-0.2, 0) is 6.42 Å². The van der Waals surface area contributed by atoms with Crippen molar-refractivity contribution >= 4 is 17.5 Å². The number of carbonyl (C=O) groups excluding carboxylic acids is 1. The Hall–Kier alpha value is -1.68. The highest BCUT2D eigenvalue weighted by Gasteiger charge is 2.19. The van der Waals surface area contributed by atoms with Gasteiger partial charge in [-0.25, -0.2) is 9.97 Å². The van der Waals surface area contributed by atoms with Crippen LogP contribution in [0.5, 0.6) is 0 Å². The molecule has 1 aliphatic carbocycles. The molecule has 0 amide bonds. The van der Waals surface area contributed by atoms with Crippen LogP contribution < -0.4 is 0 Å². The lowest BCUT2D eigenvalue weighted by Gasteiger charge is -2.14. The molecule has 1 aromatic carbocycles. The van der Waals surface area contributed by atoms with Gasteiger partial charge < -0.3 is 0 Å². The summed E-state index contributed by atoms with van der Waals surface area (Å²) in [7, 11) is 0. The van der Waals surface area contributed by atoms with Crippen LogP contribution in [0, 0.1) is 0 Å². The molecule has 2 aromatic rings. The number of benzene rings is 1. The third kappa shape index (κ3) is 3.32. The number of thioether (sulfide) groups is 1. The molecule has 3 nitrogen and oxygen atoms in total. The minimum atomic E-state index is 0.186. The van der Waals surface area contributed by atoms with Crippen molar-refractivity contribution in [3.8, 4) is 0 Å². The molecule has 108 valence electrons. The van der Waals surface area contributed by atoms with E-state index in [0.717, 1.165) is 35.0 Å². The normalized spacial score (nSPS) is 15.6. The van der Waals surface area contributed by atoms with E-state index in [1.807, 2.05) is 6.07 Å². The van der Waals surface area contributed by atoms with Gasteiger partial charge in [0.15, 0.2) is 10.9 Å². The summed E-state index contributed by atoms with van der Waals surface area (Å²) in [5, 5.41) is 0.784. The van der Waals surface area contributed by atoms with Crippen molar-refractivity contribution in [3.05, 3.63) is 53.3 Å². The molecule has 0 saturated carbocycles. The quantitative estimate of drug-likeness (QED) is 0.634. The van der Waals surface area contributed by atoms with Crippen molar-refractivity contribution in [2.75, 3.05) is 5.75 Å². The average molecular weight is 298 g/mol. The predicted molar refractivity (Wildman–Crippen MR) is 84.9 cm³/mol. The molecule has 1 aromatic heterocycles. The van der Waals surface area contributed by atoms with E-state index in [4.69, 9.17) is 0 Å². The van der Waals surface area contributed by atoms with E-state index in [2.05, 4.69) is 41.2 Å². The monoisotopic (exact) mass is 298 g/mol. The lowest BCUT2D eigenvalue weighted by molar-refractivity contribution is 0.0970. The third-order valence-electron chi connectivity index (χ3n) is 3.79. The van der Waals surface area contributed by atoms with E-state index in [1.165, 1.54) is 5.56 Å². The first-order chi connectivity index (χ1) is 10.2. The molecule has 1 atom stereocenters. The lowest BCUT2D eigenvalue weighted by Crippen LogP contribution is -2.13. The molecule has 3 rings (SSSR count). The second-order valence-corrected chi connectivity index (χ2v) is 6.40. The minimum Gasteiger partial charge on any atom is -0.294 e. The van der Waals surface area contributed by atoms with Gasteiger partial charge in [0, 0.05) is 18.4 Å². The minimum absolute atomic E-state index is 0.186. The van der Waals surface area contributed by atoms with Crippen LogP contribution in [0.3, 0.4) is 0 Å². The Bertz CT molecular complexity index is 642. The van der Waals surface area contributed by atoms with Crippen molar-refractivity contribution in [3.63, 3.8) is 0 Å². The number of aryl methyl sites for hydroxylation is 1. The molecule has 21 heavy (non-hydrogen) atoms. The Balaban J connectivity index is 1.67. The Morgan fingerprint density at radius 3 is 2.86 bits per heavy atom. The fraction of sp³-hybridized carbons (Fsp3) is 0.353. The van der Waals surface area contributed by atoms with Gasteiger partial charge in [-0.05, 0) is 24.3 Å². The fourth-order valence-electron chi connectivity index (χ4n) is 2.52. The van der Waals surface area contributed by atoms with Crippen LogP contribution >= 0.6 is 11.8 Å². The van der Waals surface area contributed by atoms with Gasteiger partial charge in [-0.2, -0.15) is 0 Å². The lowest BCUT2D eigenvalue weighted by atomic mass is 9.96. The van der Waals surface area contributed by atoms with Crippen LogP contribution in [0.2, 0.25) is 0 Å². The van der Waals surface area contributed by atoms with E-state index in [1.54, 1.807) is 18.0 Å². The molecule has 0 radical (unpaired) electrons. The van der Waals surface area contributed by atoms with Crippen LogP contribution in [0.15, 0.2) is 41.7 Å².